The van der Waals surface area contributed by atoms with Crippen LogP contribution >= 0.6 is 0 Å². The maximum absolute atomic E-state index is 12.9. The highest BCUT2D eigenvalue weighted by Gasteiger charge is 2.35. The van der Waals surface area contributed by atoms with Crippen LogP contribution in [0, 0.1) is 11.8 Å². The summed E-state index contributed by atoms with van der Waals surface area (Å²) in [7, 11) is 0. The van der Waals surface area contributed by atoms with Crippen molar-refractivity contribution in [1.29, 1.82) is 0 Å². The van der Waals surface area contributed by atoms with Gasteiger partial charge in [-0.25, -0.2) is 4.98 Å². The van der Waals surface area contributed by atoms with Crippen molar-refractivity contribution in [2.24, 2.45) is 11.8 Å². The molecule has 0 spiro atoms. The predicted molar refractivity (Wildman–Crippen MR) is 155 cm³/mol. The second kappa shape index (κ2) is 13.0. The summed E-state index contributed by atoms with van der Waals surface area (Å²) < 4.78 is 11.0. The van der Waals surface area contributed by atoms with Crippen molar-refractivity contribution in [2.75, 3.05) is 32.7 Å². The first-order chi connectivity index (χ1) is 20.5. The van der Waals surface area contributed by atoms with Gasteiger partial charge in [-0.15, -0.1) is 0 Å². The van der Waals surface area contributed by atoms with Gasteiger partial charge in [0.15, 0.2) is 12.2 Å². The Balaban J connectivity index is 0.927. The standard InChI is InChI=1S/C32H39N5O5/c38-28(19-36-10-8-24-15-29(4-3-26(24)18-36)41-20-30-17-33-21-42-30)16-35-31(39)25-5-9-34-27(14-25)13-22-6-11-37(12-7-22)32(40)23-1-2-23/h3-5,9,14-15,17,21-23,28,38H,1-2,6-8,10-13,16,18-20H2,(H,35,39)/t28-/m0/s1. The number of aromatic nitrogens is 2. The fraction of sp³-hybridized carbons (Fsp3) is 0.500. The minimum Gasteiger partial charge on any atom is -0.486 e. The van der Waals surface area contributed by atoms with Gasteiger partial charge in [0.25, 0.3) is 5.91 Å². The molecular formula is C32H39N5O5. The Kier molecular flexibility index (Phi) is 8.81. The maximum Gasteiger partial charge on any atom is 0.251 e. The van der Waals surface area contributed by atoms with E-state index in [0.29, 0.717) is 36.3 Å². The van der Waals surface area contributed by atoms with Crippen LogP contribution in [-0.2, 0) is 30.8 Å². The van der Waals surface area contributed by atoms with Crippen LogP contribution in [0.15, 0.2) is 53.5 Å². The molecule has 0 radical (unpaired) electrons. The van der Waals surface area contributed by atoms with E-state index in [2.05, 4.69) is 32.3 Å². The van der Waals surface area contributed by atoms with Gasteiger partial charge < -0.3 is 24.5 Å². The van der Waals surface area contributed by atoms with Crippen LogP contribution in [0.5, 0.6) is 5.75 Å². The van der Waals surface area contributed by atoms with Gasteiger partial charge in [0.1, 0.15) is 12.4 Å². The summed E-state index contributed by atoms with van der Waals surface area (Å²) in [6, 6.07) is 9.67. The van der Waals surface area contributed by atoms with E-state index in [0.717, 1.165) is 76.1 Å². The smallest absolute Gasteiger partial charge is 0.251 e. The zero-order valence-corrected chi connectivity index (χ0v) is 23.9. The maximum atomic E-state index is 12.9. The molecule has 10 nitrogen and oxygen atoms in total. The number of pyridine rings is 1. The molecule has 1 aromatic carbocycles. The molecule has 42 heavy (non-hydrogen) atoms. The first-order valence-corrected chi connectivity index (χ1v) is 15.0. The number of hydrogen-bond acceptors (Lipinski definition) is 8. The SMILES string of the molecule is O=C(NC[C@H](O)CN1CCc2cc(OCc3cnco3)ccc2C1)c1ccnc(CC2CCN(C(=O)C3CC3)CC2)c1. The second-order valence-electron chi connectivity index (χ2n) is 11.8. The lowest BCUT2D eigenvalue weighted by atomic mass is 9.91. The van der Waals surface area contributed by atoms with Crippen LogP contribution in [0.2, 0.25) is 0 Å². The Morgan fingerprint density at radius 3 is 2.74 bits per heavy atom. The van der Waals surface area contributed by atoms with Gasteiger partial charge >= 0.3 is 0 Å². The van der Waals surface area contributed by atoms with Crippen LogP contribution < -0.4 is 10.1 Å². The van der Waals surface area contributed by atoms with Crippen LogP contribution in [0.3, 0.4) is 0 Å². The Bertz CT molecular complexity index is 1370. The van der Waals surface area contributed by atoms with Gasteiger partial charge in [0.05, 0.1) is 12.3 Å². The fourth-order valence-electron chi connectivity index (χ4n) is 5.95. The fourth-order valence-corrected chi connectivity index (χ4v) is 5.95. The Morgan fingerprint density at radius 2 is 1.95 bits per heavy atom. The number of aliphatic hydroxyl groups is 1. The average Bonchev–Trinajstić information content (AvgIpc) is 3.73. The monoisotopic (exact) mass is 573 g/mol. The molecular weight excluding hydrogens is 534 g/mol. The number of fused-ring (bicyclic) bond motifs is 1. The van der Waals surface area contributed by atoms with E-state index in [-0.39, 0.29) is 18.4 Å². The zero-order chi connectivity index (χ0) is 28.9. The lowest BCUT2D eigenvalue weighted by Crippen LogP contribution is -2.42. The Hall–Kier alpha value is -3.76. The molecule has 2 N–H and O–H groups in total. The molecule has 2 fully saturated rings. The molecule has 3 aliphatic rings. The first kappa shape index (κ1) is 28.4. The molecule has 6 rings (SSSR count). The van der Waals surface area contributed by atoms with E-state index in [4.69, 9.17) is 9.15 Å². The third-order valence-corrected chi connectivity index (χ3v) is 8.53. The summed E-state index contributed by atoms with van der Waals surface area (Å²) in [5.74, 6) is 2.35. The number of β-amino-alcohol motifs (C(OH)–C–C–N with tert-alkyl or cyclic N) is 1. The third kappa shape index (κ3) is 7.35. The van der Waals surface area contributed by atoms with Crippen molar-refractivity contribution < 1.29 is 23.8 Å². The summed E-state index contributed by atoms with van der Waals surface area (Å²) in [6.07, 6.45) is 9.76. The number of piperidine rings is 1. The molecule has 3 aromatic rings. The van der Waals surface area contributed by atoms with Crippen LogP contribution in [0.1, 0.15) is 58.6 Å². The van der Waals surface area contributed by atoms with Gasteiger partial charge in [-0.05, 0) is 79.8 Å². The highest BCUT2D eigenvalue weighted by atomic mass is 16.5. The summed E-state index contributed by atoms with van der Waals surface area (Å²) in [5, 5.41) is 13.6. The number of rotatable bonds is 11. The van der Waals surface area contributed by atoms with Crippen molar-refractivity contribution in [2.45, 2.75) is 57.8 Å². The lowest BCUT2D eigenvalue weighted by molar-refractivity contribution is -0.133. The minimum absolute atomic E-state index is 0.182. The third-order valence-electron chi connectivity index (χ3n) is 8.53. The molecule has 1 atom stereocenters. The highest BCUT2D eigenvalue weighted by molar-refractivity contribution is 5.94. The molecule has 1 aliphatic carbocycles. The second-order valence-corrected chi connectivity index (χ2v) is 11.8. The molecule has 2 amide bonds. The van der Waals surface area contributed by atoms with Crippen LogP contribution in [0.25, 0.3) is 0 Å². The first-order valence-electron chi connectivity index (χ1n) is 15.0. The Labute approximate surface area is 246 Å². The summed E-state index contributed by atoms with van der Waals surface area (Å²) in [5.41, 5.74) is 3.92. The predicted octanol–water partition coefficient (Wildman–Crippen LogP) is 2.99. The van der Waals surface area contributed by atoms with E-state index < -0.39 is 6.10 Å². The highest BCUT2D eigenvalue weighted by Crippen LogP contribution is 2.33. The number of likely N-dealkylation sites (tertiary alicyclic amines) is 1. The number of nitrogens with one attached hydrogen (secondary N) is 1. The molecule has 2 aromatic heterocycles. The number of aliphatic hydroxyl groups excluding tert-OH is 1. The van der Waals surface area contributed by atoms with Crippen LogP contribution in [0.4, 0.5) is 0 Å². The van der Waals surface area contributed by atoms with Gasteiger partial charge in [0, 0.05) is 62.6 Å². The molecule has 1 saturated heterocycles. The molecule has 222 valence electrons. The number of nitrogens with zero attached hydrogens (tertiary/aromatic N) is 4. The molecule has 10 heteroatoms. The van der Waals surface area contributed by atoms with Gasteiger partial charge in [-0.1, -0.05) is 6.07 Å². The lowest BCUT2D eigenvalue weighted by Gasteiger charge is -2.32. The van der Waals surface area contributed by atoms with Gasteiger partial charge in [-0.2, -0.15) is 0 Å². The normalized spacial score (nSPS) is 18.4. The summed E-state index contributed by atoms with van der Waals surface area (Å²) >= 11 is 0. The number of amides is 2. The van der Waals surface area contributed by atoms with E-state index >= 15 is 0 Å². The molecule has 2 aliphatic heterocycles. The molecule has 0 unspecified atom stereocenters. The van der Waals surface area contributed by atoms with Crippen molar-refractivity contribution in [3.63, 3.8) is 0 Å². The number of oxazole rings is 1. The number of ether oxygens (including phenoxy) is 1. The van der Waals surface area contributed by atoms with Crippen molar-refractivity contribution in [3.8, 4) is 5.75 Å². The van der Waals surface area contributed by atoms with Gasteiger partial charge in [-0.3, -0.25) is 19.5 Å². The molecule has 1 saturated carbocycles. The molecule has 4 heterocycles. The molecule has 0 bridgehead atoms. The van der Waals surface area contributed by atoms with E-state index in [1.165, 1.54) is 17.5 Å². The van der Waals surface area contributed by atoms with E-state index in [9.17, 15) is 14.7 Å². The van der Waals surface area contributed by atoms with Crippen molar-refractivity contribution >= 4 is 11.8 Å². The number of hydrogen-bond donors (Lipinski definition) is 2. The van der Waals surface area contributed by atoms with Crippen molar-refractivity contribution in [3.05, 3.63) is 77.3 Å². The quantitative estimate of drug-likeness (QED) is 0.359. The van der Waals surface area contributed by atoms with Gasteiger partial charge in [0.2, 0.25) is 5.91 Å². The summed E-state index contributed by atoms with van der Waals surface area (Å²) in [4.78, 5) is 37.8. The van der Waals surface area contributed by atoms with Crippen molar-refractivity contribution in [1.82, 2.24) is 25.1 Å². The van der Waals surface area contributed by atoms with E-state index in [1.54, 1.807) is 18.5 Å². The average molecular weight is 574 g/mol. The number of carbonyl (C=O) groups is 2. The minimum atomic E-state index is -0.676. The number of carbonyl (C=O) groups excluding carboxylic acids is 2. The zero-order valence-electron chi connectivity index (χ0n) is 23.9. The Morgan fingerprint density at radius 1 is 1.10 bits per heavy atom. The topological polar surface area (TPSA) is 121 Å². The van der Waals surface area contributed by atoms with Crippen LogP contribution in [-0.4, -0.2) is 75.5 Å². The summed E-state index contributed by atoms with van der Waals surface area (Å²) in [6.45, 7) is 4.21. The number of benzene rings is 1. The largest absolute Gasteiger partial charge is 0.486 e. The van der Waals surface area contributed by atoms with E-state index in [1.807, 2.05) is 17.0 Å².